The lowest BCUT2D eigenvalue weighted by Gasteiger charge is -2.19. The number of nitrogens with one attached hydrogen (secondary N) is 1. The van der Waals surface area contributed by atoms with Crippen LogP contribution < -0.4 is 5.32 Å². The molecule has 0 fully saturated rings. The molecule has 0 heterocycles. The summed E-state index contributed by atoms with van der Waals surface area (Å²) in [7, 11) is 0. The summed E-state index contributed by atoms with van der Waals surface area (Å²) < 4.78 is 26.6. The predicted molar refractivity (Wildman–Crippen MR) is 82.5 cm³/mol. The molecule has 112 valence electrons. The Bertz CT molecular complexity index is 584. The second-order valence-corrected chi connectivity index (χ2v) is 5.42. The Labute approximate surface area is 128 Å². The summed E-state index contributed by atoms with van der Waals surface area (Å²) in [6.45, 7) is 2.90. The third-order valence-corrected chi connectivity index (χ3v) is 3.65. The van der Waals surface area contributed by atoms with E-state index in [4.69, 9.17) is 11.6 Å². The molecule has 4 heteroatoms. The molecule has 0 amide bonds. The summed E-state index contributed by atoms with van der Waals surface area (Å²) in [6.07, 6.45) is 1.65. The van der Waals surface area contributed by atoms with Crippen molar-refractivity contribution in [1.29, 1.82) is 0 Å². The smallest absolute Gasteiger partial charge is 0.142 e. The van der Waals surface area contributed by atoms with Crippen molar-refractivity contribution in [1.82, 2.24) is 5.32 Å². The molecule has 0 bridgehead atoms. The van der Waals surface area contributed by atoms with Crippen LogP contribution in [0.1, 0.15) is 30.5 Å². The van der Waals surface area contributed by atoms with Gasteiger partial charge in [-0.2, -0.15) is 0 Å². The van der Waals surface area contributed by atoms with Gasteiger partial charge in [0.15, 0.2) is 0 Å². The third kappa shape index (κ3) is 4.51. The third-order valence-electron chi connectivity index (χ3n) is 3.34. The standard InChI is InChI=1S/C17H18ClF2N/c1-2-9-21-17(10-12-3-6-14(19)7-4-12)13-5-8-15(18)16(20)11-13/h3-8,11,17,21H,2,9-10H2,1H3. The normalized spacial score (nSPS) is 12.4. The molecule has 1 unspecified atom stereocenters. The highest BCUT2D eigenvalue weighted by molar-refractivity contribution is 6.30. The molecule has 21 heavy (non-hydrogen) atoms. The zero-order valence-corrected chi connectivity index (χ0v) is 12.6. The van der Waals surface area contributed by atoms with E-state index in [1.54, 1.807) is 18.2 Å². The van der Waals surface area contributed by atoms with E-state index in [0.717, 1.165) is 24.1 Å². The molecular formula is C17H18ClF2N. The van der Waals surface area contributed by atoms with E-state index in [-0.39, 0.29) is 16.9 Å². The van der Waals surface area contributed by atoms with Gasteiger partial charge in [-0.3, -0.25) is 0 Å². The van der Waals surface area contributed by atoms with Crippen LogP contribution in [0.15, 0.2) is 42.5 Å². The van der Waals surface area contributed by atoms with Crippen molar-refractivity contribution < 1.29 is 8.78 Å². The highest BCUT2D eigenvalue weighted by Crippen LogP contribution is 2.23. The van der Waals surface area contributed by atoms with E-state index >= 15 is 0 Å². The number of benzene rings is 2. The lowest BCUT2D eigenvalue weighted by molar-refractivity contribution is 0.523. The van der Waals surface area contributed by atoms with E-state index in [2.05, 4.69) is 12.2 Å². The minimum atomic E-state index is -0.420. The first kappa shape index (κ1) is 15.9. The molecule has 0 saturated carbocycles. The molecule has 1 atom stereocenters. The molecule has 1 nitrogen and oxygen atoms in total. The van der Waals surface area contributed by atoms with E-state index in [1.165, 1.54) is 18.2 Å². The monoisotopic (exact) mass is 309 g/mol. The van der Waals surface area contributed by atoms with Crippen LogP contribution in [0.5, 0.6) is 0 Å². The van der Waals surface area contributed by atoms with E-state index in [1.807, 2.05) is 6.07 Å². The molecule has 0 radical (unpaired) electrons. The van der Waals surface area contributed by atoms with Gasteiger partial charge in [-0.1, -0.05) is 36.7 Å². The number of rotatable bonds is 6. The molecule has 0 aliphatic carbocycles. The summed E-state index contributed by atoms with van der Waals surface area (Å²) >= 11 is 5.73. The van der Waals surface area contributed by atoms with Gasteiger partial charge in [0.1, 0.15) is 11.6 Å². The molecule has 1 N–H and O–H groups in total. The molecule has 0 saturated heterocycles. The lowest BCUT2D eigenvalue weighted by Crippen LogP contribution is -2.24. The second-order valence-electron chi connectivity index (χ2n) is 5.01. The van der Waals surface area contributed by atoms with Gasteiger partial charge in [0.05, 0.1) is 5.02 Å². The molecule has 2 rings (SSSR count). The summed E-state index contributed by atoms with van der Waals surface area (Å²) in [5.74, 6) is -0.675. The maximum absolute atomic E-state index is 13.6. The predicted octanol–water partition coefficient (Wildman–Crippen LogP) is 4.90. The quantitative estimate of drug-likeness (QED) is 0.800. The highest BCUT2D eigenvalue weighted by atomic mass is 35.5. The Morgan fingerprint density at radius 3 is 2.43 bits per heavy atom. The first-order valence-corrected chi connectivity index (χ1v) is 7.40. The van der Waals surface area contributed by atoms with Gasteiger partial charge in [0.25, 0.3) is 0 Å². The average molecular weight is 310 g/mol. The summed E-state index contributed by atoms with van der Waals surface area (Å²) in [4.78, 5) is 0. The SMILES string of the molecule is CCCNC(Cc1ccc(F)cc1)c1ccc(Cl)c(F)c1. The molecular weight excluding hydrogens is 292 g/mol. The summed E-state index contributed by atoms with van der Waals surface area (Å²) in [5, 5.41) is 3.51. The zero-order chi connectivity index (χ0) is 15.2. The van der Waals surface area contributed by atoms with Crippen LogP contribution in [0.2, 0.25) is 5.02 Å². The average Bonchev–Trinajstić information content (AvgIpc) is 2.48. The Hall–Kier alpha value is -1.45. The van der Waals surface area contributed by atoms with E-state index in [9.17, 15) is 8.78 Å². The van der Waals surface area contributed by atoms with Crippen LogP contribution >= 0.6 is 11.6 Å². The van der Waals surface area contributed by atoms with Gasteiger partial charge in [-0.15, -0.1) is 0 Å². The zero-order valence-electron chi connectivity index (χ0n) is 11.9. The van der Waals surface area contributed by atoms with Crippen molar-refractivity contribution >= 4 is 11.6 Å². The minimum absolute atomic E-state index is 0.0258. The molecule has 2 aromatic rings. The maximum Gasteiger partial charge on any atom is 0.142 e. The van der Waals surface area contributed by atoms with Gasteiger partial charge < -0.3 is 5.32 Å². The van der Waals surface area contributed by atoms with Crippen molar-refractivity contribution in [2.75, 3.05) is 6.54 Å². The summed E-state index contributed by atoms with van der Waals surface area (Å²) in [6, 6.07) is 11.2. The van der Waals surface area contributed by atoms with Crippen LogP contribution in [0.25, 0.3) is 0 Å². The topological polar surface area (TPSA) is 12.0 Å². The van der Waals surface area contributed by atoms with Crippen LogP contribution in [-0.2, 0) is 6.42 Å². The second kappa shape index (κ2) is 7.53. The Balaban J connectivity index is 2.20. The lowest BCUT2D eigenvalue weighted by atomic mass is 9.98. The van der Waals surface area contributed by atoms with E-state index < -0.39 is 5.82 Å². The Morgan fingerprint density at radius 1 is 1.10 bits per heavy atom. The largest absolute Gasteiger partial charge is 0.310 e. The number of hydrogen-bond donors (Lipinski definition) is 1. The number of hydrogen-bond acceptors (Lipinski definition) is 1. The summed E-state index contributed by atoms with van der Waals surface area (Å²) in [5.41, 5.74) is 1.84. The van der Waals surface area contributed by atoms with Crippen LogP contribution in [0, 0.1) is 11.6 Å². The Morgan fingerprint density at radius 2 is 1.81 bits per heavy atom. The van der Waals surface area contributed by atoms with Crippen LogP contribution in [0.4, 0.5) is 8.78 Å². The van der Waals surface area contributed by atoms with Crippen molar-refractivity contribution in [3.8, 4) is 0 Å². The molecule has 2 aromatic carbocycles. The van der Waals surface area contributed by atoms with Crippen LogP contribution in [0.3, 0.4) is 0 Å². The van der Waals surface area contributed by atoms with Gasteiger partial charge in [0.2, 0.25) is 0 Å². The fourth-order valence-electron chi connectivity index (χ4n) is 2.21. The molecule has 0 spiro atoms. The highest BCUT2D eigenvalue weighted by Gasteiger charge is 2.13. The Kier molecular flexibility index (Phi) is 5.71. The first-order chi connectivity index (χ1) is 10.1. The van der Waals surface area contributed by atoms with Crippen LogP contribution in [-0.4, -0.2) is 6.54 Å². The van der Waals surface area contributed by atoms with Crippen molar-refractivity contribution in [3.63, 3.8) is 0 Å². The molecule has 0 aromatic heterocycles. The fourth-order valence-corrected chi connectivity index (χ4v) is 2.33. The first-order valence-electron chi connectivity index (χ1n) is 7.03. The van der Waals surface area contributed by atoms with Gasteiger partial charge in [-0.05, 0) is 54.8 Å². The minimum Gasteiger partial charge on any atom is -0.310 e. The number of halogens is 3. The van der Waals surface area contributed by atoms with Crippen molar-refractivity contribution in [3.05, 3.63) is 70.2 Å². The molecule has 0 aliphatic rings. The fraction of sp³-hybridized carbons (Fsp3) is 0.294. The molecule has 0 aliphatic heterocycles. The maximum atomic E-state index is 13.6. The van der Waals surface area contributed by atoms with Gasteiger partial charge in [-0.25, -0.2) is 8.78 Å². The van der Waals surface area contributed by atoms with Crippen molar-refractivity contribution in [2.45, 2.75) is 25.8 Å². The van der Waals surface area contributed by atoms with Crippen molar-refractivity contribution in [2.24, 2.45) is 0 Å². The van der Waals surface area contributed by atoms with Gasteiger partial charge in [0, 0.05) is 6.04 Å². The van der Waals surface area contributed by atoms with Gasteiger partial charge >= 0.3 is 0 Å². The van der Waals surface area contributed by atoms with E-state index in [0.29, 0.717) is 6.42 Å².